The van der Waals surface area contributed by atoms with Gasteiger partial charge in [0.1, 0.15) is 12.3 Å². The van der Waals surface area contributed by atoms with Crippen molar-refractivity contribution in [3.63, 3.8) is 0 Å². The molecule has 3 N–H and O–H groups in total. The molecule has 192 valence electrons. The summed E-state index contributed by atoms with van der Waals surface area (Å²) in [5, 5.41) is 10.8. The van der Waals surface area contributed by atoms with Crippen molar-refractivity contribution in [2.24, 2.45) is 0 Å². The first-order chi connectivity index (χ1) is 17.5. The van der Waals surface area contributed by atoms with Gasteiger partial charge < -0.3 is 10.1 Å². The maximum Gasteiger partial charge on any atom is 0.289 e. The summed E-state index contributed by atoms with van der Waals surface area (Å²) in [5.74, 6) is -2.57. The van der Waals surface area contributed by atoms with Crippen molar-refractivity contribution in [3.05, 3.63) is 82.6 Å². The fourth-order valence-corrected chi connectivity index (χ4v) is 4.38. The molecule has 1 saturated heterocycles. The number of pyridine rings is 1. The van der Waals surface area contributed by atoms with E-state index < -0.39 is 27.8 Å². The van der Waals surface area contributed by atoms with E-state index in [-0.39, 0.29) is 28.0 Å². The Bertz CT molecular complexity index is 1460. The molecule has 1 fully saturated rings. The summed E-state index contributed by atoms with van der Waals surface area (Å²) in [7, 11) is -4.68. The molecule has 0 unspecified atom stereocenters. The second kappa shape index (κ2) is 10.5. The molecular formula is C24H22ClN5O6S. The molecule has 0 bridgehead atoms. The summed E-state index contributed by atoms with van der Waals surface area (Å²) in [5.41, 5.74) is 1.62. The zero-order valence-corrected chi connectivity index (χ0v) is 21.1. The highest BCUT2D eigenvalue weighted by atomic mass is 35.5. The number of hydrogen-bond donors (Lipinski definition) is 3. The monoisotopic (exact) mass is 543 g/mol. The van der Waals surface area contributed by atoms with Crippen LogP contribution in [0.25, 0.3) is 0 Å². The van der Waals surface area contributed by atoms with Gasteiger partial charge in [0.25, 0.3) is 28.0 Å². The van der Waals surface area contributed by atoms with Gasteiger partial charge in [0, 0.05) is 17.6 Å². The second-order valence-corrected chi connectivity index (χ2v) is 9.99. The number of aryl methyl sites for hydroxylation is 1. The number of aromatic nitrogens is 1. The van der Waals surface area contributed by atoms with Gasteiger partial charge in [-0.05, 0) is 61.0 Å². The molecule has 37 heavy (non-hydrogen) atoms. The molecule has 13 heteroatoms. The topological polar surface area (TPSA) is 153 Å². The average Bonchev–Trinajstić information content (AvgIpc) is 3.28. The van der Waals surface area contributed by atoms with Crippen molar-refractivity contribution >= 4 is 56.6 Å². The lowest BCUT2D eigenvalue weighted by atomic mass is 10.1. The standard InChI is InChI=1S/C24H22ClN5O6S/c1-15-2-8-19(22(31)28-17-4-6-18(7-5-17)29-10-11-36-24(29)26)21(12-15)30(14-37(33,34)35)23(32)20-9-3-16(25)13-27-20/h2-9,12-13,26H,10-11,14H2,1H3,(H,28,31)(H,33,34,35). The van der Waals surface area contributed by atoms with E-state index in [1.165, 1.54) is 30.5 Å². The number of benzene rings is 2. The molecule has 1 aliphatic heterocycles. The van der Waals surface area contributed by atoms with Gasteiger partial charge in [-0.2, -0.15) is 8.42 Å². The first-order valence-electron chi connectivity index (χ1n) is 10.9. The minimum atomic E-state index is -4.68. The lowest BCUT2D eigenvalue weighted by Crippen LogP contribution is -2.37. The van der Waals surface area contributed by atoms with Gasteiger partial charge in [-0.15, -0.1) is 0 Å². The SMILES string of the molecule is Cc1ccc(C(=O)Nc2ccc(N3CCOC3=N)cc2)c(N(CS(=O)(=O)O)C(=O)c2ccc(Cl)cn2)c1. The van der Waals surface area contributed by atoms with Crippen molar-refractivity contribution in [3.8, 4) is 0 Å². The Labute approximate surface area is 217 Å². The van der Waals surface area contributed by atoms with Gasteiger partial charge in [-0.1, -0.05) is 17.7 Å². The number of amides is 2. The predicted molar refractivity (Wildman–Crippen MR) is 139 cm³/mol. The molecule has 2 heterocycles. The van der Waals surface area contributed by atoms with Gasteiger partial charge in [0.15, 0.2) is 5.88 Å². The van der Waals surface area contributed by atoms with Gasteiger partial charge in [-0.25, -0.2) is 4.98 Å². The minimum Gasteiger partial charge on any atom is -0.463 e. The Kier molecular flexibility index (Phi) is 7.43. The highest BCUT2D eigenvalue weighted by molar-refractivity contribution is 7.85. The zero-order chi connectivity index (χ0) is 26.7. The molecule has 0 atom stereocenters. The Morgan fingerprint density at radius 1 is 1.19 bits per heavy atom. The van der Waals surface area contributed by atoms with Crippen LogP contribution in [0.4, 0.5) is 17.1 Å². The van der Waals surface area contributed by atoms with E-state index in [1.807, 2.05) is 0 Å². The van der Waals surface area contributed by atoms with Crippen LogP contribution in [-0.4, -0.2) is 54.8 Å². The van der Waals surface area contributed by atoms with E-state index in [0.29, 0.717) is 24.4 Å². The van der Waals surface area contributed by atoms with Gasteiger partial charge >= 0.3 is 0 Å². The van der Waals surface area contributed by atoms with Gasteiger partial charge in [0.2, 0.25) is 0 Å². The van der Waals surface area contributed by atoms with Crippen molar-refractivity contribution in [2.45, 2.75) is 6.92 Å². The molecular weight excluding hydrogens is 522 g/mol. The van der Waals surface area contributed by atoms with Crippen LogP contribution in [-0.2, 0) is 14.9 Å². The van der Waals surface area contributed by atoms with Crippen molar-refractivity contribution in [1.29, 1.82) is 5.41 Å². The average molecular weight is 544 g/mol. The number of nitrogens with zero attached hydrogens (tertiary/aromatic N) is 3. The third kappa shape index (κ3) is 6.23. The maximum atomic E-state index is 13.3. The third-order valence-electron chi connectivity index (χ3n) is 5.41. The van der Waals surface area contributed by atoms with Crippen molar-refractivity contribution in [2.75, 3.05) is 34.1 Å². The highest BCUT2D eigenvalue weighted by Crippen LogP contribution is 2.27. The normalized spacial score (nSPS) is 13.3. The number of hydrogen-bond acceptors (Lipinski definition) is 7. The second-order valence-electron chi connectivity index (χ2n) is 8.13. The summed E-state index contributed by atoms with van der Waals surface area (Å²) in [6, 6.07) is 14.0. The molecule has 11 nitrogen and oxygen atoms in total. The molecule has 1 aliphatic rings. The number of nitrogens with one attached hydrogen (secondary N) is 2. The molecule has 3 aromatic rings. The number of carbonyl (C=O) groups excluding carboxylic acids is 2. The van der Waals surface area contributed by atoms with E-state index in [2.05, 4.69) is 10.3 Å². The molecule has 0 radical (unpaired) electrons. The number of amidine groups is 1. The molecule has 0 saturated carbocycles. The van der Waals surface area contributed by atoms with Gasteiger partial charge in [-0.3, -0.25) is 29.4 Å². The number of rotatable bonds is 7. The van der Waals surface area contributed by atoms with Crippen LogP contribution in [0, 0.1) is 12.3 Å². The number of anilines is 3. The molecule has 4 rings (SSSR count). The summed E-state index contributed by atoms with van der Waals surface area (Å²) < 4.78 is 38.3. The van der Waals surface area contributed by atoms with E-state index in [1.54, 1.807) is 42.2 Å². The van der Waals surface area contributed by atoms with Crippen LogP contribution in [0.15, 0.2) is 60.8 Å². The van der Waals surface area contributed by atoms with E-state index >= 15 is 0 Å². The van der Waals surface area contributed by atoms with Gasteiger partial charge in [0.05, 0.1) is 22.8 Å². The fourth-order valence-electron chi connectivity index (χ4n) is 3.68. The molecule has 1 aromatic heterocycles. The number of carbonyl (C=O) groups is 2. The first-order valence-corrected chi connectivity index (χ1v) is 12.9. The largest absolute Gasteiger partial charge is 0.463 e. The maximum absolute atomic E-state index is 13.3. The predicted octanol–water partition coefficient (Wildman–Crippen LogP) is 3.56. The fraction of sp³-hybridized carbons (Fsp3) is 0.167. The van der Waals surface area contributed by atoms with Crippen LogP contribution in [0.1, 0.15) is 26.4 Å². The highest BCUT2D eigenvalue weighted by Gasteiger charge is 2.28. The Hall–Kier alpha value is -4.00. The van der Waals surface area contributed by atoms with Crippen LogP contribution < -0.4 is 15.1 Å². The summed E-state index contributed by atoms with van der Waals surface area (Å²) in [6.45, 7) is 2.66. The molecule has 0 aliphatic carbocycles. The summed E-state index contributed by atoms with van der Waals surface area (Å²) in [4.78, 5) is 32.9. The van der Waals surface area contributed by atoms with Crippen molar-refractivity contribution < 1.29 is 27.3 Å². The Balaban J connectivity index is 1.66. The number of ether oxygens (including phenoxy) is 1. The third-order valence-corrected chi connectivity index (χ3v) is 6.22. The Morgan fingerprint density at radius 3 is 2.51 bits per heavy atom. The van der Waals surface area contributed by atoms with E-state index in [4.69, 9.17) is 21.7 Å². The van der Waals surface area contributed by atoms with Crippen LogP contribution in [0.5, 0.6) is 0 Å². The smallest absolute Gasteiger partial charge is 0.289 e. The van der Waals surface area contributed by atoms with Crippen LogP contribution in [0.2, 0.25) is 5.02 Å². The van der Waals surface area contributed by atoms with Crippen molar-refractivity contribution in [1.82, 2.24) is 4.98 Å². The van der Waals surface area contributed by atoms with E-state index in [9.17, 15) is 22.6 Å². The zero-order valence-electron chi connectivity index (χ0n) is 19.5. The first kappa shape index (κ1) is 26.1. The van der Waals surface area contributed by atoms with Crippen LogP contribution in [0.3, 0.4) is 0 Å². The van der Waals surface area contributed by atoms with Crippen LogP contribution >= 0.6 is 11.6 Å². The number of halogens is 1. The summed E-state index contributed by atoms with van der Waals surface area (Å²) >= 11 is 5.84. The van der Waals surface area contributed by atoms with E-state index in [0.717, 1.165) is 10.6 Å². The minimum absolute atomic E-state index is 0.00430. The lowest BCUT2D eigenvalue weighted by Gasteiger charge is -2.24. The lowest BCUT2D eigenvalue weighted by molar-refractivity contribution is 0.0985. The summed E-state index contributed by atoms with van der Waals surface area (Å²) in [6.07, 6.45) is 1.23. The molecule has 2 aromatic carbocycles. The molecule has 2 amide bonds. The molecule has 0 spiro atoms. The quantitative estimate of drug-likeness (QED) is 0.382. The Morgan fingerprint density at radius 2 is 1.92 bits per heavy atom.